The van der Waals surface area contributed by atoms with E-state index in [2.05, 4.69) is 69.8 Å². The highest BCUT2D eigenvalue weighted by molar-refractivity contribution is 6.01. The zero-order chi connectivity index (χ0) is 17.4. The highest BCUT2D eigenvalue weighted by Gasteiger charge is 2.42. The average molecular weight is 345 g/mol. The summed E-state index contributed by atoms with van der Waals surface area (Å²) in [5, 5.41) is 5.75. The molecule has 0 radical (unpaired) electrons. The van der Waals surface area contributed by atoms with Gasteiger partial charge >= 0.3 is 0 Å². The average Bonchev–Trinajstić information content (AvgIpc) is 3.30. The molecule has 4 nitrogen and oxygen atoms in total. The van der Waals surface area contributed by atoms with Crippen LogP contribution in [0.15, 0.2) is 65.9 Å². The zero-order valence-electron chi connectivity index (χ0n) is 14.8. The van der Waals surface area contributed by atoms with E-state index in [4.69, 9.17) is 4.84 Å². The van der Waals surface area contributed by atoms with E-state index in [-0.39, 0.29) is 5.60 Å². The predicted molar refractivity (Wildman–Crippen MR) is 104 cm³/mol. The molecule has 1 N–H and O–H groups in total. The molecule has 3 heterocycles. The molecule has 0 unspecified atom stereocenters. The number of fused-ring (bicyclic) bond motifs is 1. The van der Waals surface area contributed by atoms with Crippen molar-refractivity contribution in [2.75, 3.05) is 13.1 Å². The number of para-hydroxylation sites is 1. The smallest absolute Gasteiger partial charge is 0.145 e. The van der Waals surface area contributed by atoms with E-state index in [9.17, 15) is 0 Å². The van der Waals surface area contributed by atoms with Gasteiger partial charge in [-0.1, -0.05) is 53.7 Å². The molecule has 3 aromatic rings. The second-order valence-corrected chi connectivity index (χ2v) is 7.49. The van der Waals surface area contributed by atoms with Crippen LogP contribution in [0.5, 0.6) is 0 Å². The van der Waals surface area contributed by atoms with Gasteiger partial charge in [0.15, 0.2) is 0 Å². The molecular weight excluding hydrogens is 322 g/mol. The Balaban J connectivity index is 1.23. The van der Waals surface area contributed by atoms with Crippen LogP contribution in [-0.4, -0.2) is 34.3 Å². The standard InChI is InChI=1S/C22H23N3O/c1-2-6-17(7-3-1)21-14-22(26-24-21)10-12-25(13-11-22)16-18-15-23-20-9-5-4-8-19(18)20/h1-9,15,23H,10-14,16H2. The van der Waals surface area contributed by atoms with Gasteiger partial charge < -0.3 is 9.82 Å². The highest BCUT2D eigenvalue weighted by Crippen LogP contribution is 2.36. The Morgan fingerprint density at radius 3 is 2.62 bits per heavy atom. The fourth-order valence-electron chi connectivity index (χ4n) is 4.20. The highest BCUT2D eigenvalue weighted by atomic mass is 16.7. The summed E-state index contributed by atoms with van der Waals surface area (Å²) in [6.07, 6.45) is 5.15. The maximum Gasteiger partial charge on any atom is 0.145 e. The van der Waals surface area contributed by atoms with Crippen molar-refractivity contribution in [3.8, 4) is 0 Å². The van der Waals surface area contributed by atoms with Gasteiger partial charge in [0.1, 0.15) is 5.60 Å². The third-order valence-electron chi connectivity index (χ3n) is 5.78. The first-order valence-electron chi connectivity index (χ1n) is 9.39. The Labute approximate surface area is 153 Å². The number of likely N-dealkylation sites (tertiary alicyclic amines) is 1. The largest absolute Gasteiger partial charge is 0.388 e. The lowest BCUT2D eigenvalue weighted by Crippen LogP contribution is -2.44. The molecule has 132 valence electrons. The summed E-state index contributed by atoms with van der Waals surface area (Å²) >= 11 is 0. The van der Waals surface area contributed by atoms with Crippen LogP contribution in [-0.2, 0) is 11.4 Å². The number of rotatable bonds is 3. The van der Waals surface area contributed by atoms with Gasteiger partial charge in [0.05, 0.1) is 5.71 Å². The van der Waals surface area contributed by atoms with Crippen molar-refractivity contribution in [2.45, 2.75) is 31.4 Å². The van der Waals surface area contributed by atoms with Gasteiger partial charge in [0, 0.05) is 56.0 Å². The first-order chi connectivity index (χ1) is 12.8. The molecular formula is C22H23N3O. The second kappa shape index (κ2) is 6.29. The Morgan fingerprint density at radius 1 is 1.00 bits per heavy atom. The number of H-pyrrole nitrogens is 1. The molecule has 0 aliphatic carbocycles. The molecule has 5 rings (SSSR count). The van der Waals surface area contributed by atoms with Crippen molar-refractivity contribution in [1.82, 2.24) is 9.88 Å². The molecule has 1 spiro atoms. The minimum atomic E-state index is -0.0953. The van der Waals surface area contributed by atoms with Crippen molar-refractivity contribution in [3.05, 3.63) is 71.9 Å². The minimum Gasteiger partial charge on any atom is -0.388 e. The minimum absolute atomic E-state index is 0.0953. The number of aromatic nitrogens is 1. The van der Waals surface area contributed by atoms with E-state index in [0.29, 0.717) is 0 Å². The first kappa shape index (κ1) is 15.6. The molecule has 1 saturated heterocycles. The summed E-state index contributed by atoms with van der Waals surface area (Å²) in [6, 6.07) is 18.9. The number of aromatic amines is 1. The number of oxime groups is 1. The van der Waals surface area contributed by atoms with Crippen molar-refractivity contribution in [1.29, 1.82) is 0 Å². The van der Waals surface area contributed by atoms with E-state index in [1.807, 2.05) is 6.07 Å². The normalized spacial score (nSPS) is 19.6. The van der Waals surface area contributed by atoms with Crippen LogP contribution in [0, 0.1) is 0 Å². The summed E-state index contributed by atoms with van der Waals surface area (Å²) in [5.41, 5.74) is 4.78. The summed E-state index contributed by atoms with van der Waals surface area (Å²) in [5.74, 6) is 0. The van der Waals surface area contributed by atoms with E-state index in [1.54, 1.807) is 0 Å². The Bertz CT molecular complexity index is 936. The van der Waals surface area contributed by atoms with Gasteiger partial charge in [-0.15, -0.1) is 0 Å². The third-order valence-corrected chi connectivity index (χ3v) is 5.78. The fraction of sp³-hybridized carbons (Fsp3) is 0.318. The van der Waals surface area contributed by atoms with E-state index in [1.165, 1.54) is 22.0 Å². The molecule has 0 atom stereocenters. The lowest BCUT2D eigenvalue weighted by Gasteiger charge is -2.37. The number of nitrogens with zero attached hydrogens (tertiary/aromatic N) is 2. The lowest BCUT2D eigenvalue weighted by molar-refractivity contribution is -0.0626. The van der Waals surface area contributed by atoms with Crippen LogP contribution in [0.2, 0.25) is 0 Å². The number of hydrogen-bond donors (Lipinski definition) is 1. The number of hydrogen-bond acceptors (Lipinski definition) is 3. The maximum absolute atomic E-state index is 5.96. The van der Waals surface area contributed by atoms with E-state index in [0.717, 1.165) is 44.6 Å². The van der Waals surface area contributed by atoms with Gasteiger partial charge in [-0.25, -0.2) is 0 Å². The SMILES string of the molecule is c1ccc(C2=NOC3(CCN(Cc4c[nH]c5ccccc45)CC3)C2)cc1. The quantitative estimate of drug-likeness (QED) is 0.768. The molecule has 2 aromatic carbocycles. The van der Waals surface area contributed by atoms with E-state index >= 15 is 0 Å². The van der Waals surface area contributed by atoms with Gasteiger partial charge in [-0.3, -0.25) is 4.90 Å². The van der Waals surface area contributed by atoms with Crippen molar-refractivity contribution in [3.63, 3.8) is 0 Å². The molecule has 2 aliphatic rings. The lowest BCUT2D eigenvalue weighted by atomic mass is 9.85. The fourth-order valence-corrected chi connectivity index (χ4v) is 4.20. The first-order valence-corrected chi connectivity index (χ1v) is 9.39. The maximum atomic E-state index is 5.96. The number of piperidine rings is 1. The molecule has 0 bridgehead atoms. The molecule has 26 heavy (non-hydrogen) atoms. The predicted octanol–water partition coefficient (Wildman–Crippen LogP) is 4.33. The van der Waals surface area contributed by atoms with Gasteiger partial charge in [-0.2, -0.15) is 0 Å². The van der Waals surface area contributed by atoms with Crippen molar-refractivity contribution in [2.24, 2.45) is 5.16 Å². The summed E-state index contributed by atoms with van der Waals surface area (Å²) in [7, 11) is 0. The topological polar surface area (TPSA) is 40.6 Å². The van der Waals surface area contributed by atoms with Crippen molar-refractivity contribution < 1.29 is 4.84 Å². The molecule has 2 aliphatic heterocycles. The summed E-state index contributed by atoms with van der Waals surface area (Å²) in [4.78, 5) is 11.9. The zero-order valence-corrected chi connectivity index (χ0v) is 14.8. The summed E-state index contributed by atoms with van der Waals surface area (Å²) < 4.78 is 0. The summed E-state index contributed by atoms with van der Waals surface area (Å²) in [6.45, 7) is 3.10. The second-order valence-electron chi connectivity index (χ2n) is 7.49. The Kier molecular flexibility index (Phi) is 3.79. The van der Waals surface area contributed by atoms with Gasteiger partial charge in [-0.05, 0) is 17.2 Å². The Morgan fingerprint density at radius 2 is 1.77 bits per heavy atom. The molecule has 0 amide bonds. The van der Waals surface area contributed by atoms with Crippen LogP contribution in [0.25, 0.3) is 10.9 Å². The number of benzene rings is 2. The van der Waals surface area contributed by atoms with Gasteiger partial charge in [0.2, 0.25) is 0 Å². The number of nitrogens with one attached hydrogen (secondary N) is 1. The van der Waals surface area contributed by atoms with Crippen LogP contribution in [0.4, 0.5) is 0 Å². The Hall–Kier alpha value is -2.59. The van der Waals surface area contributed by atoms with Crippen LogP contribution >= 0.6 is 0 Å². The van der Waals surface area contributed by atoms with E-state index < -0.39 is 0 Å². The monoisotopic (exact) mass is 345 g/mol. The van der Waals surface area contributed by atoms with Crippen LogP contribution in [0.3, 0.4) is 0 Å². The van der Waals surface area contributed by atoms with Gasteiger partial charge in [0.25, 0.3) is 0 Å². The van der Waals surface area contributed by atoms with Crippen molar-refractivity contribution >= 4 is 16.6 Å². The van der Waals surface area contributed by atoms with Crippen LogP contribution in [0.1, 0.15) is 30.4 Å². The molecule has 1 aromatic heterocycles. The van der Waals surface area contributed by atoms with Crippen LogP contribution < -0.4 is 0 Å². The molecule has 4 heteroatoms. The molecule has 1 fully saturated rings. The third kappa shape index (κ3) is 2.80. The molecule has 0 saturated carbocycles.